The van der Waals surface area contributed by atoms with E-state index in [4.69, 9.17) is 11.0 Å². The van der Waals surface area contributed by atoms with Gasteiger partial charge in [0.25, 0.3) is 5.91 Å². The first-order valence-corrected chi connectivity index (χ1v) is 5.40. The van der Waals surface area contributed by atoms with Crippen molar-refractivity contribution in [1.82, 2.24) is 4.98 Å². The van der Waals surface area contributed by atoms with Crippen molar-refractivity contribution in [2.45, 2.75) is 0 Å². The lowest BCUT2D eigenvalue weighted by molar-refractivity contribution is 0.102. The van der Waals surface area contributed by atoms with Gasteiger partial charge in [-0.05, 0) is 24.3 Å². The largest absolute Gasteiger partial charge is 0.399 e. The standard InChI is InChI=1S/C13H10N4O2/c14-7-8-6-9(15)4-5-10(8)17-13(19)11-2-1-3-12(18)16-11/h1-6H,15H2,(H,16,18)(H,17,19). The number of H-pyrrole nitrogens is 1. The zero-order valence-corrected chi connectivity index (χ0v) is 9.81. The number of hydrogen-bond acceptors (Lipinski definition) is 4. The van der Waals surface area contributed by atoms with E-state index in [0.717, 1.165) is 0 Å². The average Bonchev–Trinajstić information content (AvgIpc) is 2.40. The highest BCUT2D eigenvalue weighted by atomic mass is 16.2. The van der Waals surface area contributed by atoms with Crippen molar-refractivity contribution in [3.05, 3.63) is 58.0 Å². The number of hydrogen-bond donors (Lipinski definition) is 3. The summed E-state index contributed by atoms with van der Waals surface area (Å²) >= 11 is 0. The molecule has 19 heavy (non-hydrogen) atoms. The van der Waals surface area contributed by atoms with Gasteiger partial charge in [0, 0.05) is 11.8 Å². The maximum atomic E-state index is 11.9. The third-order valence-corrected chi connectivity index (χ3v) is 2.43. The first-order valence-electron chi connectivity index (χ1n) is 5.40. The fraction of sp³-hybridized carbons (Fsp3) is 0. The van der Waals surface area contributed by atoms with Crippen LogP contribution < -0.4 is 16.6 Å². The Morgan fingerprint density at radius 3 is 2.79 bits per heavy atom. The maximum absolute atomic E-state index is 11.9. The van der Waals surface area contributed by atoms with Crippen molar-refractivity contribution in [1.29, 1.82) is 5.26 Å². The number of nitrogens with two attached hydrogens (primary N) is 1. The summed E-state index contributed by atoms with van der Waals surface area (Å²) in [5, 5.41) is 11.5. The average molecular weight is 254 g/mol. The van der Waals surface area contributed by atoms with Gasteiger partial charge in [-0.3, -0.25) is 9.59 Å². The van der Waals surface area contributed by atoms with Crippen molar-refractivity contribution in [3.8, 4) is 6.07 Å². The Balaban J connectivity index is 2.30. The predicted octanol–water partition coefficient (Wildman–Crippen LogP) is 1.08. The number of rotatable bonds is 2. The minimum absolute atomic E-state index is 0.119. The SMILES string of the molecule is N#Cc1cc(N)ccc1NC(=O)c1cccc(=O)[nH]1. The van der Waals surface area contributed by atoms with Crippen LogP contribution in [0.2, 0.25) is 0 Å². The molecular weight excluding hydrogens is 244 g/mol. The van der Waals surface area contributed by atoms with Gasteiger partial charge in [0.05, 0.1) is 11.3 Å². The van der Waals surface area contributed by atoms with Gasteiger partial charge in [-0.15, -0.1) is 0 Å². The summed E-state index contributed by atoms with van der Waals surface area (Å²) in [6.07, 6.45) is 0. The van der Waals surface area contributed by atoms with E-state index < -0.39 is 5.91 Å². The number of nitriles is 1. The Hall–Kier alpha value is -3.07. The number of aromatic nitrogens is 1. The van der Waals surface area contributed by atoms with Gasteiger partial charge in [0.1, 0.15) is 11.8 Å². The van der Waals surface area contributed by atoms with Crippen LogP contribution in [0.15, 0.2) is 41.2 Å². The number of nitrogen functional groups attached to an aromatic ring is 1. The number of benzene rings is 1. The van der Waals surface area contributed by atoms with Crippen LogP contribution in [-0.4, -0.2) is 10.9 Å². The number of carbonyl (C=O) groups is 1. The van der Waals surface area contributed by atoms with Crippen LogP contribution in [0.25, 0.3) is 0 Å². The molecule has 1 aromatic heterocycles. The number of pyridine rings is 1. The zero-order valence-electron chi connectivity index (χ0n) is 9.81. The Kier molecular flexibility index (Phi) is 3.30. The smallest absolute Gasteiger partial charge is 0.272 e. The van der Waals surface area contributed by atoms with E-state index in [-0.39, 0.29) is 16.8 Å². The summed E-state index contributed by atoms with van der Waals surface area (Å²) in [4.78, 5) is 25.4. The van der Waals surface area contributed by atoms with Crippen LogP contribution >= 0.6 is 0 Å². The normalized spacial score (nSPS) is 9.63. The van der Waals surface area contributed by atoms with Gasteiger partial charge in [-0.2, -0.15) is 5.26 Å². The summed E-state index contributed by atoms with van der Waals surface area (Å²) in [5.41, 5.74) is 6.33. The highest BCUT2D eigenvalue weighted by Gasteiger charge is 2.09. The molecule has 0 spiro atoms. The van der Waals surface area contributed by atoms with Gasteiger partial charge in [0.2, 0.25) is 5.56 Å². The quantitative estimate of drug-likeness (QED) is 0.696. The number of anilines is 2. The predicted molar refractivity (Wildman–Crippen MR) is 70.6 cm³/mol. The topological polar surface area (TPSA) is 112 Å². The first-order chi connectivity index (χ1) is 9.10. The molecule has 2 rings (SSSR count). The molecule has 6 nitrogen and oxygen atoms in total. The van der Waals surface area contributed by atoms with Gasteiger partial charge in [0.15, 0.2) is 0 Å². The molecule has 0 aliphatic heterocycles. The van der Waals surface area contributed by atoms with Crippen LogP contribution in [0.1, 0.15) is 16.1 Å². The highest BCUT2D eigenvalue weighted by molar-refractivity contribution is 6.03. The summed E-state index contributed by atoms with van der Waals surface area (Å²) < 4.78 is 0. The van der Waals surface area contributed by atoms with E-state index >= 15 is 0 Å². The minimum atomic E-state index is -0.501. The molecule has 1 aromatic carbocycles. The Labute approximate surface area is 108 Å². The number of amides is 1. The summed E-state index contributed by atoms with van der Waals surface area (Å²) in [5.74, 6) is -0.501. The molecule has 0 saturated heterocycles. The zero-order chi connectivity index (χ0) is 13.8. The number of carbonyl (C=O) groups excluding carboxylic acids is 1. The number of aromatic amines is 1. The van der Waals surface area contributed by atoms with E-state index in [1.165, 1.54) is 30.3 Å². The molecule has 0 atom stereocenters. The molecule has 0 radical (unpaired) electrons. The van der Waals surface area contributed by atoms with Crippen LogP contribution in [-0.2, 0) is 0 Å². The summed E-state index contributed by atoms with van der Waals surface area (Å²) in [6, 6.07) is 10.8. The van der Waals surface area contributed by atoms with Crippen LogP contribution in [0, 0.1) is 11.3 Å². The molecule has 1 amide bonds. The minimum Gasteiger partial charge on any atom is -0.399 e. The molecule has 94 valence electrons. The van der Waals surface area contributed by atoms with E-state index in [9.17, 15) is 9.59 Å². The summed E-state index contributed by atoms with van der Waals surface area (Å²) in [7, 11) is 0. The molecule has 0 aliphatic rings. The van der Waals surface area contributed by atoms with Gasteiger partial charge >= 0.3 is 0 Å². The molecule has 2 aromatic rings. The number of nitrogens with one attached hydrogen (secondary N) is 2. The molecule has 6 heteroatoms. The Morgan fingerprint density at radius 2 is 2.11 bits per heavy atom. The number of nitrogens with zero attached hydrogens (tertiary/aromatic N) is 1. The van der Waals surface area contributed by atoms with Crippen molar-refractivity contribution in [2.24, 2.45) is 0 Å². The van der Waals surface area contributed by atoms with Crippen LogP contribution in [0.3, 0.4) is 0 Å². The fourth-order valence-electron chi connectivity index (χ4n) is 1.53. The van der Waals surface area contributed by atoms with Gasteiger partial charge in [-0.25, -0.2) is 0 Å². The lowest BCUT2D eigenvalue weighted by Gasteiger charge is -2.07. The third kappa shape index (κ3) is 2.79. The van der Waals surface area contributed by atoms with E-state index in [2.05, 4.69) is 10.3 Å². The molecule has 0 unspecified atom stereocenters. The van der Waals surface area contributed by atoms with Gasteiger partial charge < -0.3 is 16.0 Å². The molecule has 0 fully saturated rings. The molecule has 1 heterocycles. The highest BCUT2D eigenvalue weighted by Crippen LogP contribution is 2.18. The van der Waals surface area contributed by atoms with Crippen molar-refractivity contribution in [3.63, 3.8) is 0 Å². The molecule has 0 saturated carbocycles. The van der Waals surface area contributed by atoms with E-state index in [1.807, 2.05) is 6.07 Å². The second-order valence-electron chi connectivity index (χ2n) is 3.80. The molecule has 0 aliphatic carbocycles. The second kappa shape index (κ2) is 5.06. The lowest BCUT2D eigenvalue weighted by atomic mass is 10.1. The molecule has 4 N–H and O–H groups in total. The van der Waals surface area contributed by atoms with Crippen LogP contribution in [0.4, 0.5) is 11.4 Å². The van der Waals surface area contributed by atoms with Crippen LogP contribution in [0.5, 0.6) is 0 Å². The first kappa shape index (κ1) is 12.4. The maximum Gasteiger partial charge on any atom is 0.272 e. The Bertz CT molecular complexity index is 728. The van der Waals surface area contributed by atoms with E-state index in [0.29, 0.717) is 11.4 Å². The van der Waals surface area contributed by atoms with Crippen molar-refractivity contribution in [2.75, 3.05) is 11.1 Å². The second-order valence-corrected chi connectivity index (χ2v) is 3.80. The molecular formula is C13H10N4O2. The van der Waals surface area contributed by atoms with E-state index in [1.54, 1.807) is 6.07 Å². The van der Waals surface area contributed by atoms with Gasteiger partial charge in [-0.1, -0.05) is 6.07 Å². The Morgan fingerprint density at radius 1 is 1.32 bits per heavy atom. The summed E-state index contributed by atoms with van der Waals surface area (Å²) in [6.45, 7) is 0. The lowest BCUT2D eigenvalue weighted by Crippen LogP contribution is -2.18. The fourth-order valence-corrected chi connectivity index (χ4v) is 1.53. The van der Waals surface area contributed by atoms with Crippen molar-refractivity contribution < 1.29 is 4.79 Å². The third-order valence-electron chi connectivity index (χ3n) is 2.43. The van der Waals surface area contributed by atoms with Crippen molar-refractivity contribution >= 4 is 17.3 Å². The molecule has 0 bridgehead atoms. The monoisotopic (exact) mass is 254 g/mol.